The van der Waals surface area contributed by atoms with Gasteiger partial charge in [-0.15, -0.1) is 0 Å². The first kappa shape index (κ1) is 44.1. The summed E-state index contributed by atoms with van der Waals surface area (Å²) in [5.41, 5.74) is 7.19. The molecule has 4 N–H and O–H groups in total. The van der Waals surface area contributed by atoms with E-state index in [-0.39, 0.29) is 0 Å². The van der Waals surface area contributed by atoms with E-state index < -0.39 is 82.8 Å². The average Bonchev–Trinajstić information content (AvgIpc) is 2.76. The molecule has 0 atom stereocenters. The van der Waals surface area contributed by atoms with E-state index in [0.29, 0.717) is 13.1 Å². The zero-order valence-corrected chi connectivity index (χ0v) is 22.9. The smallest absolute Gasteiger partial charge is 0.329 e. The van der Waals surface area contributed by atoms with Crippen LogP contribution in [0.2, 0.25) is 0 Å². The van der Waals surface area contributed by atoms with Crippen LogP contribution in [0.4, 0.5) is 61.5 Å². The third kappa shape index (κ3) is 11.4. The van der Waals surface area contributed by atoms with Gasteiger partial charge in [-0.2, -0.15) is 61.5 Å². The van der Waals surface area contributed by atoms with Gasteiger partial charge in [0.15, 0.2) is 0 Å². The molecule has 0 aromatic heterocycles. The van der Waals surface area contributed by atoms with Crippen molar-refractivity contribution in [1.29, 1.82) is 0 Å². The van der Waals surface area contributed by atoms with Crippen LogP contribution >= 0.6 is 0 Å². The van der Waals surface area contributed by atoms with E-state index in [4.69, 9.17) is 11.5 Å². The maximum absolute atomic E-state index is 12.9. The minimum absolute atomic E-state index is 0.597. The maximum atomic E-state index is 12.9. The Bertz CT molecular complexity index is 869. The molecule has 0 saturated carbocycles. The first-order valence-corrected chi connectivity index (χ1v) is 11.2. The highest BCUT2D eigenvalue weighted by atomic mass is 19.4. The van der Waals surface area contributed by atoms with Crippen LogP contribution in [0.1, 0.15) is 54.4 Å². The third-order valence-electron chi connectivity index (χ3n) is 4.68. The van der Waals surface area contributed by atoms with Gasteiger partial charge in [-0.1, -0.05) is 41.5 Å². The van der Waals surface area contributed by atoms with Crippen LogP contribution in [0.25, 0.3) is 0 Å². The molecule has 0 saturated heterocycles. The lowest BCUT2D eigenvalue weighted by Gasteiger charge is -2.27. The van der Waals surface area contributed by atoms with Crippen LogP contribution in [0.15, 0.2) is 0 Å². The quantitative estimate of drug-likeness (QED) is 0.244. The molecule has 0 aliphatic carbocycles. The molecule has 20 heteroatoms. The van der Waals surface area contributed by atoms with E-state index in [9.17, 15) is 80.6 Å². The molecule has 42 heavy (non-hydrogen) atoms. The van der Waals surface area contributed by atoms with Crippen molar-refractivity contribution in [2.75, 3.05) is 13.1 Å². The topological polar surface area (TPSA) is 120 Å². The summed E-state index contributed by atoms with van der Waals surface area (Å²) in [5, 5.41) is 0. The standard InChI is InChI=1S/2C10H11F7O2.C2H8N2/c2*1-7(2,3)5(18)4-6(19)8(11,12)9(13,14)10(15,16)17;3-1-2-4/h2*4H2,1-3H3;1-4H2. The molecule has 0 bridgehead atoms. The fraction of sp³-hybridized carbons (Fsp3) is 0.818. The van der Waals surface area contributed by atoms with Gasteiger partial charge in [-0.3, -0.25) is 19.2 Å². The van der Waals surface area contributed by atoms with Crippen molar-refractivity contribution in [2.45, 2.75) is 90.4 Å². The van der Waals surface area contributed by atoms with Crippen molar-refractivity contribution in [3.8, 4) is 0 Å². The Labute approximate surface area is 230 Å². The molecule has 0 aromatic carbocycles. The lowest BCUT2D eigenvalue weighted by atomic mass is 9.86. The zero-order valence-electron chi connectivity index (χ0n) is 22.9. The SMILES string of the molecule is CC(C)(C)C(=O)CC(=O)C(F)(F)C(F)(F)C(F)(F)F.CC(C)(C)C(=O)CC(=O)C(F)(F)C(F)(F)C(F)(F)F.NCCN. The van der Waals surface area contributed by atoms with Gasteiger partial charge >= 0.3 is 36.0 Å². The van der Waals surface area contributed by atoms with Crippen molar-refractivity contribution in [2.24, 2.45) is 22.3 Å². The van der Waals surface area contributed by atoms with Gasteiger partial charge in [0.25, 0.3) is 0 Å². The Morgan fingerprint density at radius 1 is 0.429 bits per heavy atom. The first-order chi connectivity index (χ1) is 18.0. The van der Waals surface area contributed by atoms with Crippen LogP contribution < -0.4 is 11.5 Å². The summed E-state index contributed by atoms with van der Waals surface area (Å²) >= 11 is 0. The predicted octanol–water partition coefficient (Wildman–Crippen LogP) is 5.69. The molecule has 0 aromatic rings. The van der Waals surface area contributed by atoms with Crippen LogP contribution in [0, 0.1) is 10.8 Å². The van der Waals surface area contributed by atoms with Crippen LogP contribution in [0.5, 0.6) is 0 Å². The van der Waals surface area contributed by atoms with Crippen molar-refractivity contribution in [3.05, 3.63) is 0 Å². The summed E-state index contributed by atoms with van der Waals surface area (Å²) in [7, 11) is 0. The van der Waals surface area contributed by atoms with Gasteiger partial charge in [0, 0.05) is 23.9 Å². The summed E-state index contributed by atoms with van der Waals surface area (Å²) < 4.78 is 172. The summed E-state index contributed by atoms with van der Waals surface area (Å²) in [6, 6.07) is 0. The zero-order chi connectivity index (χ0) is 35.1. The van der Waals surface area contributed by atoms with Crippen LogP contribution in [-0.2, 0) is 19.2 Å². The molecule has 0 amide bonds. The van der Waals surface area contributed by atoms with Crippen molar-refractivity contribution < 1.29 is 80.6 Å². The lowest BCUT2D eigenvalue weighted by Crippen LogP contribution is -2.56. The molecule has 0 radical (unpaired) electrons. The highest BCUT2D eigenvalue weighted by Gasteiger charge is 2.76. The van der Waals surface area contributed by atoms with Gasteiger partial charge in [-0.25, -0.2) is 0 Å². The Hall–Kier alpha value is -2.38. The summed E-state index contributed by atoms with van der Waals surface area (Å²) in [6.07, 6.45) is -16.6. The number of ketones is 4. The Morgan fingerprint density at radius 3 is 0.738 bits per heavy atom. The van der Waals surface area contributed by atoms with Gasteiger partial charge in [0.2, 0.25) is 11.6 Å². The van der Waals surface area contributed by atoms with Gasteiger partial charge in [0.1, 0.15) is 11.6 Å². The largest absolute Gasteiger partial charge is 0.460 e. The molecule has 250 valence electrons. The Kier molecular flexibility index (Phi) is 15.1. The van der Waals surface area contributed by atoms with Crippen LogP contribution in [0.3, 0.4) is 0 Å². The molecule has 6 nitrogen and oxygen atoms in total. The average molecular weight is 652 g/mol. The Morgan fingerprint density at radius 2 is 0.619 bits per heavy atom. The van der Waals surface area contributed by atoms with Gasteiger partial charge in [-0.05, 0) is 0 Å². The number of alkyl halides is 14. The van der Waals surface area contributed by atoms with E-state index in [1.54, 1.807) is 0 Å². The molecular weight excluding hydrogens is 622 g/mol. The highest BCUT2D eigenvalue weighted by molar-refractivity contribution is 6.05. The van der Waals surface area contributed by atoms with Crippen molar-refractivity contribution in [3.63, 3.8) is 0 Å². The number of hydrogen-bond donors (Lipinski definition) is 2. The number of carbonyl (C=O) groups excluding carboxylic acids is 4. The highest BCUT2D eigenvalue weighted by Crippen LogP contribution is 2.48. The number of hydrogen-bond acceptors (Lipinski definition) is 6. The fourth-order valence-electron chi connectivity index (χ4n) is 1.75. The normalized spacial score (nSPS) is 13.8. The molecule has 0 aliphatic rings. The molecule has 0 fully saturated rings. The second-order valence-electron chi connectivity index (χ2n) is 10.4. The molecular formula is C22H30F14N2O4. The van der Waals surface area contributed by atoms with E-state index in [2.05, 4.69) is 0 Å². The number of halogens is 14. The first-order valence-electron chi connectivity index (χ1n) is 11.2. The summed E-state index contributed by atoms with van der Waals surface area (Å²) in [6.45, 7) is 8.46. The van der Waals surface area contributed by atoms with Gasteiger partial charge < -0.3 is 11.5 Å². The molecule has 0 rings (SSSR count). The summed E-state index contributed by atoms with van der Waals surface area (Å²) in [5.74, 6) is -32.8. The van der Waals surface area contributed by atoms with Gasteiger partial charge in [0.05, 0.1) is 12.8 Å². The second kappa shape index (κ2) is 14.4. The van der Waals surface area contributed by atoms with Crippen molar-refractivity contribution >= 4 is 23.1 Å². The summed E-state index contributed by atoms with van der Waals surface area (Å²) in [4.78, 5) is 44.2. The maximum Gasteiger partial charge on any atom is 0.460 e. The molecule has 0 unspecified atom stereocenters. The minimum Gasteiger partial charge on any atom is -0.329 e. The fourth-order valence-corrected chi connectivity index (χ4v) is 1.75. The minimum atomic E-state index is -6.59. The van der Waals surface area contributed by atoms with E-state index in [0.717, 1.165) is 0 Å². The number of rotatable bonds is 9. The number of nitrogens with two attached hydrogens (primary N) is 2. The van der Waals surface area contributed by atoms with E-state index >= 15 is 0 Å². The molecule has 0 spiro atoms. The van der Waals surface area contributed by atoms with Crippen molar-refractivity contribution in [1.82, 2.24) is 0 Å². The Balaban J connectivity index is -0.000000641. The van der Waals surface area contributed by atoms with E-state index in [1.165, 1.54) is 41.5 Å². The third-order valence-corrected chi connectivity index (χ3v) is 4.68. The molecule has 0 heterocycles. The second-order valence-corrected chi connectivity index (χ2v) is 10.4. The van der Waals surface area contributed by atoms with Crippen LogP contribution in [-0.4, -0.2) is 72.3 Å². The number of carbonyl (C=O) groups is 4. The monoisotopic (exact) mass is 652 g/mol. The lowest BCUT2D eigenvalue weighted by molar-refractivity contribution is -0.343. The predicted molar refractivity (Wildman–Crippen MR) is 118 cm³/mol. The van der Waals surface area contributed by atoms with E-state index in [1.807, 2.05) is 0 Å². The number of Topliss-reactive ketones (excluding diaryl/α,β-unsaturated/α-hetero) is 4. The molecule has 0 aliphatic heterocycles.